The van der Waals surface area contributed by atoms with E-state index in [4.69, 9.17) is 0 Å². The Balaban J connectivity index is 2.13. The number of phenols is 1. The van der Waals surface area contributed by atoms with Gasteiger partial charge in [0.2, 0.25) is 10.0 Å². The zero-order chi connectivity index (χ0) is 14.6. The molecule has 0 aliphatic heterocycles. The lowest BCUT2D eigenvalue weighted by molar-refractivity contribution is 0.467. The first-order valence-electron chi connectivity index (χ1n) is 5.94. The fourth-order valence-electron chi connectivity index (χ4n) is 1.67. The van der Waals surface area contributed by atoms with E-state index in [1.54, 1.807) is 42.5 Å². The number of sulfonamides is 1. The minimum Gasteiger partial charge on any atom is -0.508 e. The van der Waals surface area contributed by atoms with Gasteiger partial charge in [0.25, 0.3) is 0 Å². The summed E-state index contributed by atoms with van der Waals surface area (Å²) in [5, 5.41) is 10.3. The Bertz CT molecular complexity index is 684. The summed E-state index contributed by atoms with van der Waals surface area (Å²) in [4.78, 5) is 0.206. The lowest BCUT2D eigenvalue weighted by atomic mass is 10.2. The molecule has 6 heteroatoms. The summed E-state index contributed by atoms with van der Waals surface area (Å²) in [6.07, 6.45) is 0. The quantitative estimate of drug-likeness (QED) is 0.810. The third kappa shape index (κ3) is 3.59. The molecule has 0 heterocycles. The molecule has 2 aromatic rings. The number of aromatic hydroxyl groups is 1. The lowest BCUT2D eigenvalue weighted by Crippen LogP contribution is -2.23. The summed E-state index contributed by atoms with van der Waals surface area (Å²) in [6.45, 7) is 0.0508. The standard InChI is InChI=1S/C14H14BrNO3S/c15-9-11-5-7-13(8-6-11)20(18,19)16-10-12-3-1-2-4-14(12)17/h1-8,16-17H,9-10H2. The summed E-state index contributed by atoms with van der Waals surface area (Å²) in [6, 6.07) is 13.3. The van der Waals surface area contributed by atoms with Crippen LogP contribution in [0.15, 0.2) is 53.4 Å². The van der Waals surface area contributed by atoms with Crippen molar-refractivity contribution >= 4 is 26.0 Å². The number of halogens is 1. The molecule has 0 aliphatic carbocycles. The summed E-state index contributed by atoms with van der Waals surface area (Å²) >= 11 is 3.31. The van der Waals surface area contributed by atoms with Crippen molar-refractivity contribution in [1.82, 2.24) is 4.72 Å². The number of alkyl halides is 1. The van der Waals surface area contributed by atoms with E-state index in [2.05, 4.69) is 20.7 Å². The van der Waals surface area contributed by atoms with E-state index in [9.17, 15) is 13.5 Å². The maximum atomic E-state index is 12.1. The minimum absolute atomic E-state index is 0.0508. The van der Waals surface area contributed by atoms with Crippen LogP contribution in [0, 0.1) is 0 Å². The molecule has 0 aromatic heterocycles. The summed E-state index contributed by atoms with van der Waals surface area (Å²) in [5.41, 5.74) is 1.54. The fourth-order valence-corrected chi connectivity index (χ4v) is 3.05. The Morgan fingerprint density at radius 3 is 2.30 bits per heavy atom. The van der Waals surface area contributed by atoms with Gasteiger partial charge in [-0.2, -0.15) is 0 Å². The highest BCUT2D eigenvalue weighted by molar-refractivity contribution is 9.08. The molecule has 0 fully saturated rings. The SMILES string of the molecule is O=S(=O)(NCc1ccccc1O)c1ccc(CBr)cc1. The molecule has 0 bridgehead atoms. The second-order valence-electron chi connectivity index (χ2n) is 4.23. The fraction of sp³-hybridized carbons (Fsp3) is 0.143. The molecule has 0 spiro atoms. The first kappa shape index (κ1) is 15.0. The average molecular weight is 356 g/mol. The first-order valence-corrected chi connectivity index (χ1v) is 8.55. The molecule has 2 aromatic carbocycles. The van der Waals surface area contributed by atoms with Crippen LogP contribution in [0.3, 0.4) is 0 Å². The molecule has 0 saturated heterocycles. The molecule has 0 saturated carbocycles. The topological polar surface area (TPSA) is 66.4 Å². The van der Waals surface area contributed by atoms with Gasteiger partial charge in [-0.1, -0.05) is 46.3 Å². The van der Waals surface area contributed by atoms with Crippen molar-refractivity contribution in [3.05, 3.63) is 59.7 Å². The number of hydrogen-bond donors (Lipinski definition) is 2. The molecular formula is C14H14BrNO3S. The number of benzene rings is 2. The maximum Gasteiger partial charge on any atom is 0.240 e. The summed E-state index contributed by atoms with van der Waals surface area (Å²) < 4.78 is 26.7. The van der Waals surface area contributed by atoms with Gasteiger partial charge in [-0.25, -0.2) is 13.1 Å². The Hall–Kier alpha value is -1.37. The number of rotatable bonds is 5. The van der Waals surface area contributed by atoms with Crippen LogP contribution in [0.25, 0.3) is 0 Å². The lowest BCUT2D eigenvalue weighted by Gasteiger charge is -2.08. The van der Waals surface area contributed by atoms with Gasteiger partial charge >= 0.3 is 0 Å². The molecule has 20 heavy (non-hydrogen) atoms. The Morgan fingerprint density at radius 2 is 1.70 bits per heavy atom. The highest BCUT2D eigenvalue weighted by Crippen LogP contribution is 2.17. The van der Waals surface area contributed by atoms with Crippen LogP contribution in [-0.2, 0) is 21.9 Å². The van der Waals surface area contributed by atoms with Crippen LogP contribution in [0.1, 0.15) is 11.1 Å². The number of phenolic OH excluding ortho intramolecular Hbond substituents is 1. The second-order valence-corrected chi connectivity index (χ2v) is 6.56. The third-order valence-corrected chi connectivity index (χ3v) is 4.90. The van der Waals surface area contributed by atoms with Gasteiger partial charge in [0.05, 0.1) is 4.90 Å². The molecule has 2 rings (SSSR count). The van der Waals surface area contributed by atoms with Crippen LogP contribution in [0.4, 0.5) is 0 Å². The van der Waals surface area contributed by atoms with Crippen molar-refractivity contribution < 1.29 is 13.5 Å². The molecule has 106 valence electrons. The number of hydrogen-bond acceptors (Lipinski definition) is 3. The minimum atomic E-state index is -3.58. The van der Waals surface area contributed by atoms with E-state index in [0.717, 1.165) is 5.56 Å². The zero-order valence-electron chi connectivity index (χ0n) is 10.6. The highest BCUT2D eigenvalue weighted by atomic mass is 79.9. The Kier molecular flexibility index (Phi) is 4.80. The van der Waals surface area contributed by atoms with E-state index in [1.807, 2.05) is 0 Å². The smallest absolute Gasteiger partial charge is 0.240 e. The zero-order valence-corrected chi connectivity index (χ0v) is 13.0. The van der Waals surface area contributed by atoms with Gasteiger partial charge in [-0.05, 0) is 23.8 Å². The molecule has 0 aliphatic rings. The van der Waals surface area contributed by atoms with Crippen LogP contribution in [0.2, 0.25) is 0 Å². The van der Waals surface area contributed by atoms with Crippen molar-refractivity contribution in [2.45, 2.75) is 16.8 Å². The Morgan fingerprint density at radius 1 is 1.05 bits per heavy atom. The van der Waals surface area contributed by atoms with Gasteiger partial charge in [0, 0.05) is 17.4 Å². The van der Waals surface area contributed by atoms with Crippen LogP contribution in [0.5, 0.6) is 5.75 Å². The van der Waals surface area contributed by atoms with Gasteiger partial charge in [-0.15, -0.1) is 0 Å². The van der Waals surface area contributed by atoms with Crippen LogP contribution < -0.4 is 4.72 Å². The van der Waals surface area contributed by atoms with Crippen molar-refractivity contribution in [2.24, 2.45) is 0 Å². The number of para-hydroxylation sites is 1. The van der Waals surface area contributed by atoms with E-state index in [1.165, 1.54) is 6.07 Å². The van der Waals surface area contributed by atoms with Gasteiger partial charge in [0.1, 0.15) is 5.75 Å². The molecule has 2 N–H and O–H groups in total. The molecular weight excluding hydrogens is 342 g/mol. The van der Waals surface area contributed by atoms with Crippen molar-refractivity contribution in [3.8, 4) is 5.75 Å². The normalized spacial score (nSPS) is 11.4. The van der Waals surface area contributed by atoms with Crippen LogP contribution in [-0.4, -0.2) is 13.5 Å². The molecule has 4 nitrogen and oxygen atoms in total. The molecule has 0 radical (unpaired) electrons. The first-order chi connectivity index (χ1) is 9.53. The van der Waals surface area contributed by atoms with E-state index >= 15 is 0 Å². The largest absolute Gasteiger partial charge is 0.508 e. The molecule has 0 amide bonds. The predicted octanol–water partition coefficient (Wildman–Crippen LogP) is 2.77. The molecule has 0 atom stereocenters. The van der Waals surface area contributed by atoms with Crippen LogP contribution >= 0.6 is 15.9 Å². The summed E-state index contributed by atoms with van der Waals surface area (Å²) in [5.74, 6) is 0.0739. The van der Waals surface area contributed by atoms with Gasteiger partial charge < -0.3 is 5.11 Å². The molecule has 0 unspecified atom stereocenters. The number of nitrogens with one attached hydrogen (secondary N) is 1. The second kappa shape index (κ2) is 6.39. The van der Waals surface area contributed by atoms with Gasteiger partial charge in [0.15, 0.2) is 0 Å². The van der Waals surface area contributed by atoms with Gasteiger partial charge in [-0.3, -0.25) is 0 Å². The highest BCUT2D eigenvalue weighted by Gasteiger charge is 2.14. The average Bonchev–Trinajstić information content (AvgIpc) is 2.46. The van der Waals surface area contributed by atoms with E-state index in [0.29, 0.717) is 10.9 Å². The van der Waals surface area contributed by atoms with Crippen molar-refractivity contribution in [1.29, 1.82) is 0 Å². The van der Waals surface area contributed by atoms with Crippen molar-refractivity contribution in [3.63, 3.8) is 0 Å². The Labute approximate surface area is 126 Å². The third-order valence-electron chi connectivity index (χ3n) is 2.83. The van der Waals surface area contributed by atoms with Crippen molar-refractivity contribution in [2.75, 3.05) is 0 Å². The monoisotopic (exact) mass is 355 g/mol. The van der Waals surface area contributed by atoms with E-state index in [-0.39, 0.29) is 17.2 Å². The predicted molar refractivity (Wildman–Crippen MR) is 81.2 cm³/mol. The maximum absolute atomic E-state index is 12.1. The van der Waals surface area contributed by atoms with E-state index < -0.39 is 10.0 Å². The summed E-state index contributed by atoms with van der Waals surface area (Å²) in [7, 11) is -3.58.